The highest BCUT2D eigenvalue weighted by molar-refractivity contribution is 6.30. The highest BCUT2D eigenvalue weighted by atomic mass is 35.5. The lowest BCUT2D eigenvalue weighted by molar-refractivity contribution is 0.835. The summed E-state index contributed by atoms with van der Waals surface area (Å²) in [6.45, 7) is 5.70. The summed E-state index contributed by atoms with van der Waals surface area (Å²) in [4.78, 5) is 25.8. The number of H-pyrrole nitrogens is 2. The smallest absolute Gasteiger partial charge is 0.279 e. The maximum Gasteiger partial charge on any atom is 0.279 e. The second kappa shape index (κ2) is 6.90. The van der Waals surface area contributed by atoms with Gasteiger partial charge >= 0.3 is 0 Å². The lowest BCUT2D eigenvalue weighted by Gasteiger charge is -2.00. The molecule has 2 aromatic heterocycles. The van der Waals surface area contributed by atoms with E-state index >= 15 is 0 Å². The number of halogens is 1. The molecule has 2 aromatic carbocycles. The first-order valence-electron chi connectivity index (χ1n) is 8.60. The van der Waals surface area contributed by atoms with Crippen LogP contribution in [0.2, 0.25) is 5.02 Å². The zero-order valence-corrected chi connectivity index (χ0v) is 15.8. The fraction of sp³-hybridized carbons (Fsp3) is 0.0476. The van der Waals surface area contributed by atoms with E-state index in [1.54, 1.807) is 37.3 Å². The summed E-state index contributed by atoms with van der Waals surface area (Å²) < 4.78 is 2.83. The Morgan fingerprint density at radius 2 is 1.50 bits per heavy atom. The number of nitrogens with zero attached hydrogens (tertiary/aromatic N) is 2. The Bertz CT molecular complexity index is 1370. The van der Waals surface area contributed by atoms with E-state index in [2.05, 4.69) is 16.8 Å². The number of hydrogen-bond donors (Lipinski definition) is 2. The van der Waals surface area contributed by atoms with E-state index in [0.717, 1.165) is 5.69 Å². The summed E-state index contributed by atoms with van der Waals surface area (Å²) in [6, 6.07) is 16.1. The minimum atomic E-state index is -0.293. The number of rotatable bonds is 3. The van der Waals surface area contributed by atoms with Crippen LogP contribution in [0, 0.1) is 6.92 Å². The topological polar surface area (TPSA) is 75.6 Å². The minimum absolute atomic E-state index is 0.234. The molecular weight excluding hydrogens is 376 g/mol. The lowest BCUT2D eigenvalue weighted by atomic mass is 10.2. The third-order valence-electron chi connectivity index (χ3n) is 4.51. The molecule has 0 bridgehead atoms. The van der Waals surface area contributed by atoms with E-state index < -0.39 is 0 Å². The molecule has 0 aliphatic heterocycles. The van der Waals surface area contributed by atoms with E-state index in [1.807, 2.05) is 30.3 Å². The van der Waals surface area contributed by atoms with Crippen molar-refractivity contribution in [3.05, 3.63) is 102 Å². The van der Waals surface area contributed by atoms with Gasteiger partial charge in [-0.2, -0.15) is 0 Å². The van der Waals surface area contributed by atoms with Crippen LogP contribution in [0.5, 0.6) is 0 Å². The van der Waals surface area contributed by atoms with Crippen molar-refractivity contribution >= 4 is 24.3 Å². The zero-order valence-electron chi connectivity index (χ0n) is 15.1. The average molecular weight is 393 g/mol. The molecule has 7 heteroatoms. The Hall–Kier alpha value is -3.51. The predicted molar refractivity (Wildman–Crippen MR) is 111 cm³/mol. The van der Waals surface area contributed by atoms with Crippen LogP contribution in [0.1, 0.15) is 11.3 Å². The van der Waals surface area contributed by atoms with E-state index in [9.17, 15) is 9.59 Å². The van der Waals surface area contributed by atoms with Gasteiger partial charge in [0, 0.05) is 10.7 Å². The summed E-state index contributed by atoms with van der Waals surface area (Å²) in [5.41, 5.74) is 1.89. The van der Waals surface area contributed by atoms with Gasteiger partial charge in [-0.05, 0) is 49.4 Å². The molecule has 0 amide bonds. The number of hydrogen-bond acceptors (Lipinski definition) is 2. The summed E-state index contributed by atoms with van der Waals surface area (Å²) in [5, 5.41) is 7.33. The van der Waals surface area contributed by atoms with Crippen molar-refractivity contribution in [3.63, 3.8) is 0 Å². The fourth-order valence-corrected chi connectivity index (χ4v) is 3.18. The molecule has 0 saturated carbocycles. The molecule has 0 radical (unpaired) electrons. The molecule has 4 rings (SSSR count). The molecule has 0 spiro atoms. The fourth-order valence-electron chi connectivity index (χ4n) is 3.05. The first-order valence-corrected chi connectivity index (χ1v) is 8.98. The summed E-state index contributed by atoms with van der Waals surface area (Å²) >= 11 is 5.91. The summed E-state index contributed by atoms with van der Waals surface area (Å²) in [6.07, 6.45) is 1.57. The first kappa shape index (κ1) is 17.9. The maximum absolute atomic E-state index is 12.9. The number of benzene rings is 2. The number of nitrogens with one attached hydrogen (secondary N) is 2. The van der Waals surface area contributed by atoms with Crippen LogP contribution in [0.25, 0.3) is 24.0 Å². The molecular formula is C21H17ClN4O2. The van der Waals surface area contributed by atoms with E-state index in [-0.39, 0.29) is 11.1 Å². The van der Waals surface area contributed by atoms with Gasteiger partial charge < -0.3 is 0 Å². The minimum Gasteiger partial charge on any atom is -0.295 e. The molecule has 2 N–H and O–H groups in total. The van der Waals surface area contributed by atoms with Crippen LogP contribution in [-0.2, 0) is 0 Å². The average Bonchev–Trinajstić information content (AvgIpc) is 3.14. The number of aromatic nitrogens is 4. The van der Waals surface area contributed by atoms with Crippen LogP contribution >= 0.6 is 11.6 Å². The molecule has 0 atom stereocenters. The quantitative estimate of drug-likeness (QED) is 0.558. The Labute approximate surface area is 164 Å². The SMILES string of the molecule is C=c1[nH]n(-c2ccc(Cl)cc2)c(=O)/c1=C/c1c(C)[nH]n(-c2ccccc2)c1=O. The first-order chi connectivity index (χ1) is 13.5. The van der Waals surface area contributed by atoms with Crippen LogP contribution in [-0.4, -0.2) is 19.6 Å². The zero-order chi connectivity index (χ0) is 19.8. The molecule has 2 heterocycles. The van der Waals surface area contributed by atoms with Gasteiger partial charge in [-0.25, -0.2) is 9.36 Å². The van der Waals surface area contributed by atoms with Crippen molar-refractivity contribution < 1.29 is 0 Å². The lowest BCUT2D eigenvalue weighted by Crippen LogP contribution is -2.34. The van der Waals surface area contributed by atoms with Crippen molar-refractivity contribution in [2.45, 2.75) is 6.92 Å². The Kier molecular flexibility index (Phi) is 4.41. The molecule has 4 aromatic rings. The Balaban J connectivity index is 1.89. The third kappa shape index (κ3) is 3.04. The Morgan fingerprint density at radius 1 is 0.893 bits per heavy atom. The number of aryl methyl sites for hydroxylation is 1. The molecule has 0 unspecified atom stereocenters. The van der Waals surface area contributed by atoms with Gasteiger partial charge in [-0.3, -0.25) is 19.8 Å². The van der Waals surface area contributed by atoms with Crippen molar-refractivity contribution in [1.29, 1.82) is 0 Å². The van der Waals surface area contributed by atoms with Crippen LogP contribution in [0.15, 0.2) is 64.2 Å². The van der Waals surface area contributed by atoms with Gasteiger partial charge in [-0.15, -0.1) is 0 Å². The third-order valence-corrected chi connectivity index (χ3v) is 4.76. The summed E-state index contributed by atoms with van der Waals surface area (Å²) in [7, 11) is 0. The molecule has 0 fully saturated rings. The second-order valence-corrected chi connectivity index (χ2v) is 6.83. The van der Waals surface area contributed by atoms with Crippen molar-refractivity contribution in [3.8, 4) is 11.4 Å². The number of para-hydroxylation sites is 1. The maximum atomic E-state index is 12.9. The van der Waals surface area contributed by atoms with Crippen LogP contribution in [0.3, 0.4) is 0 Å². The van der Waals surface area contributed by atoms with E-state index in [4.69, 9.17) is 11.6 Å². The van der Waals surface area contributed by atoms with Gasteiger partial charge in [0.1, 0.15) is 0 Å². The van der Waals surface area contributed by atoms with Crippen LogP contribution in [0.4, 0.5) is 0 Å². The second-order valence-electron chi connectivity index (χ2n) is 6.39. The largest absolute Gasteiger partial charge is 0.295 e. The van der Waals surface area contributed by atoms with Gasteiger partial charge in [0.15, 0.2) is 0 Å². The van der Waals surface area contributed by atoms with E-state index in [0.29, 0.717) is 32.5 Å². The van der Waals surface area contributed by atoms with Gasteiger partial charge in [-0.1, -0.05) is 36.4 Å². The highest BCUT2D eigenvalue weighted by Gasteiger charge is 2.12. The molecule has 0 aliphatic carbocycles. The monoisotopic (exact) mass is 392 g/mol. The normalized spacial score (nSPS) is 11.9. The van der Waals surface area contributed by atoms with Crippen molar-refractivity contribution in [2.75, 3.05) is 0 Å². The summed E-state index contributed by atoms with van der Waals surface area (Å²) in [5.74, 6) is 0. The predicted octanol–water partition coefficient (Wildman–Crippen LogP) is 1.85. The number of aromatic amines is 2. The van der Waals surface area contributed by atoms with Gasteiger partial charge in [0.05, 0.1) is 27.5 Å². The molecule has 0 saturated heterocycles. The standard InChI is InChI=1S/C21H17ClN4O2/c1-13-18(20(27)25(23-13)16-6-4-3-5-7-16)12-19-14(2)24-26(21(19)28)17-10-8-15(22)9-11-17/h3-12,23-24H,2H2,1H3/b19-12+. The van der Waals surface area contributed by atoms with Gasteiger partial charge in [0.25, 0.3) is 11.1 Å². The van der Waals surface area contributed by atoms with Gasteiger partial charge in [0.2, 0.25) is 0 Å². The Morgan fingerprint density at radius 3 is 2.18 bits per heavy atom. The molecule has 6 nitrogen and oxygen atoms in total. The van der Waals surface area contributed by atoms with Crippen molar-refractivity contribution in [1.82, 2.24) is 19.6 Å². The van der Waals surface area contributed by atoms with E-state index in [1.165, 1.54) is 9.36 Å². The molecule has 0 aliphatic rings. The molecule has 140 valence electrons. The molecule has 28 heavy (non-hydrogen) atoms. The van der Waals surface area contributed by atoms with Crippen molar-refractivity contribution in [2.24, 2.45) is 0 Å². The van der Waals surface area contributed by atoms with Crippen LogP contribution < -0.4 is 21.7 Å². The highest BCUT2D eigenvalue weighted by Crippen LogP contribution is 2.10.